The zero-order chi connectivity index (χ0) is 14.0. The molecule has 5 heteroatoms. The third kappa shape index (κ3) is 7.83. The van der Waals surface area contributed by atoms with Crippen LogP contribution in [0.1, 0.15) is 1.43 Å². The summed E-state index contributed by atoms with van der Waals surface area (Å²) in [5, 5.41) is 1.61. The van der Waals surface area contributed by atoms with E-state index in [4.69, 9.17) is 0 Å². The Morgan fingerprint density at radius 2 is 1.53 bits per heavy atom. The molecule has 1 atom stereocenters. The number of hydrogen-bond acceptors (Lipinski definition) is 0. The van der Waals surface area contributed by atoms with E-state index in [0.717, 1.165) is 0 Å². The molecule has 0 amide bonds. The third-order valence-electron chi connectivity index (χ3n) is 2.82. The first kappa shape index (κ1) is 20.4. The van der Waals surface area contributed by atoms with Crippen molar-refractivity contribution in [2.75, 3.05) is 5.79 Å². The van der Waals surface area contributed by atoms with Crippen LogP contribution >= 0.6 is 7.14 Å². The van der Waals surface area contributed by atoms with Crippen molar-refractivity contribution in [2.24, 2.45) is 0 Å². The van der Waals surface area contributed by atoms with E-state index < -0.39 is 23.3 Å². The Morgan fingerprint density at radius 3 is 1.89 bits per heavy atom. The van der Waals surface area contributed by atoms with Gasteiger partial charge in [0.05, 0.1) is 27.2 Å². The molecule has 0 saturated heterocycles. The Kier molecular flexibility index (Phi) is 8.17. The molecule has 0 saturated carbocycles. The molecule has 0 aromatic heterocycles. The molecule has 1 aromatic rings. The second-order valence-electron chi connectivity index (χ2n) is 7.82. The first-order valence-electron chi connectivity index (χ1n) is 6.80. The molecular formula is C14H30BCaPSi2+. The van der Waals surface area contributed by atoms with Crippen LogP contribution in [-0.4, -0.2) is 67.2 Å². The van der Waals surface area contributed by atoms with Crippen molar-refractivity contribution in [3.8, 4) is 0 Å². The monoisotopic (exact) mass is 336 g/mol. The first-order chi connectivity index (χ1) is 8.02. The van der Waals surface area contributed by atoms with Gasteiger partial charge in [0.15, 0.2) is 0 Å². The van der Waals surface area contributed by atoms with E-state index in [1.807, 2.05) is 0 Å². The van der Waals surface area contributed by atoms with Gasteiger partial charge < -0.3 is 0 Å². The molecule has 1 unspecified atom stereocenters. The molecule has 0 bridgehead atoms. The van der Waals surface area contributed by atoms with E-state index in [9.17, 15) is 0 Å². The van der Waals surface area contributed by atoms with Crippen molar-refractivity contribution in [2.45, 2.75) is 39.3 Å². The van der Waals surface area contributed by atoms with Gasteiger partial charge in [0.25, 0.3) is 0 Å². The van der Waals surface area contributed by atoms with Gasteiger partial charge in [-0.2, -0.15) is 0 Å². The van der Waals surface area contributed by atoms with Crippen molar-refractivity contribution in [1.29, 1.82) is 0 Å². The SMILES string of the molecule is B[P+]([CH][Si](C)(C)C)(C[Si](C)(C)C)c1ccccc1.[Ca].[HH]. The van der Waals surface area contributed by atoms with Gasteiger partial charge >= 0.3 is 7.57 Å². The molecule has 0 nitrogen and oxygen atoms in total. The Balaban J connectivity index is 0. The minimum atomic E-state index is -1.13. The maximum atomic E-state index is 2.80. The molecule has 1 aromatic carbocycles. The summed E-state index contributed by atoms with van der Waals surface area (Å²) in [6.07, 6.45) is 0. The van der Waals surface area contributed by atoms with Crippen molar-refractivity contribution >= 4 is 73.9 Å². The maximum Gasteiger partial charge on any atom is 0.312 e. The van der Waals surface area contributed by atoms with Gasteiger partial charge in [-0.25, -0.2) is 0 Å². The molecule has 0 aliphatic carbocycles. The number of rotatable bonds is 5. The predicted octanol–water partition coefficient (Wildman–Crippen LogP) is 3.66. The van der Waals surface area contributed by atoms with Crippen LogP contribution in [0.2, 0.25) is 39.3 Å². The summed E-state index contributed by atoms with van der Waals surface area (Å²) in [7, 11) is -0.675. The molecule has 103 valence electrons. The predicted molar refractivity (Wildman–Crippen MR) is 105 cm³/mol. The average Bonchev–Trinajstić information content (AvgIpc) is 2.13. The smallest absolute Gasteiger partial charge is 0.0664 e. The first-order valence-corrected chi connectivity index (χ1v) is 16.6. The van der Waals surface area contributed by atoms with Gasteiger partial charge in [-0.1, -0.05) is 57.5 Å². The quantitative estimate of drug-likeness (QED) is 0.569. The fraction of sp³-hybridized carbons (Fsp3) is 0.500. The van der Waals surface area contributed by atoms with E-state index in [-0.39, 0.29) is 39.2 Å². The Bertz CT molecular complexity index is 374. The molecule has 0 heterocycles. The summed E-state index contributed by atoms with van der Waals surface area (Å²) in [5.74, 6) is 4.25. The van der Waals surface area contributed by atoms with Crippen molar-refractivity contribution in [3.05, 3.63) is 36.1 Å². The van der Waals surface area contributed by atoms with Gasteiger partial charge in [-0.3, -0.25) is 0 Å². The summed E-state index contributed by atoms with van der Waals surface area (Å²) in [6.45, 7) is 14.9. The Hall–Kier alpha value is 1.41. The Morgan fingerprint density at radius 1 is 1.05 bits per heavy atom. The molecule has 0 N–H and O–H groups in total. The van der Waals surface area contributed by atoms with Gasteiger partial charge in [0.2, 0.25) is 0 Å². The zero-order valence-electron chi connectivity index (χ0n) is 13.8. The van der Waals surface area contributed by atoms with Crippen LogP contribution in [-0.2, 0) is 0 Å². The minimum Gasteiger partial charge on any atom is -0.0664 e. The molecule has 0 aliphatic rings. The fourth-order valence-electron chi connectivity index (χ4n) is 2.82. The molecular weight excluding hydrogens is 306 g/mol. The summed E-state index contributed by atoms with van der Waals surface area (Å²) in [4.78, 5) is 0. The summed E-state index contributed by atoms with van der Waals surface area (Å²) >= 11 is 0. The molecule has 3 radical (unpaired) electrons. The second kappa shape index (κ2) is 7.60. The van der Waals surface area contributed by atoms with Crippen LogP contribution in [0, 0.1) is 5.79 Å². The van der Waals surface area contributed by atoms with Crippen molar-refractivity contribution < 1.29 is 1.43 Å². The third-order valence-corrected chi connectivity index (χ3v) is 16.1. The zero-order valence-corrected chi connectivity index (χ0v) is 18.9. The van der Waals surface area contributed by atoms with Gasteiger partial charge in [-0.15, -0.1) is 0 Å². The Labute approximate surface area is 155 Å². The van der Waals surface area contributed by atoms with Gasteiger partial charge in [0.1, 0.15) is 0 Å². The van der Waals surface area contributed by atoms with Crippen LogP contribution in [0.3, 0.4) is 0 Å². The molecule has 1 rings (SSSR count). The largest absolute Gasteiger partial charge is 0.312 e. The van der Waals surface area contributed by atoms with Gasteiger partial charge in [-0.05, 0) is 19.3 Å². The van der Waals surface area contributed by atoms with E-state index in [1.54, 1.807) is 5.30 Å². The van der Waals surface area contributed by atoms with Crippen molar-refractivity contribution in [3.63, 3.8) is 0 Å². The van der Waals surface area contributed by atoms with Crippen LogP contribution in [0.15, 0.2) is 30.3 Å². The molecule has 0 aliphatic heterocycles. The average molecular weight is 336 g/mol. The normalized spacial score (nSPS) is 12.9. The molecule has 19 heavy (non-hydrogen) atoms. The fourth-order valence-corrected chi connectivity index (χ4v) is 20.9. The summed E-state index contributed by atoms with van der Waals surface area (Å²) in [5.41, 5.74) is 0. The van der Waals surface area contributed by atoms with E-state index in [1.165, 1.54) is 5.79 Å². The van der Waals surface area contributed by atoms with Crippen LogP contribution < -0.4 is 5.30 Å². The topological polar surface area (TPSA) is 0 Å². The minimum absolute atomic E-state index is 0. The van der Waals surface area contributed by atoms with E-state index >= 15 is 0 Å². The number of benzene rings is 1. The second-order valence-corrected chi connectivity index (χ2v) is 23.0. The summed E-state index contributed by atoms with van der Waals surface area (Å²) in [6, 6.07) is 11.2. The van der Waals surface area contributed by atoms with Crippen LogP contribution in [0.5, 0.6) is 0 Å². The van der Waals surface area contributed by atoms with Crippen LogP contribution in [0.4, 0.5) is 0 Å². The van der Waals surface area contributed by atoms with Gasteiger partial charge in [0, 0.05) is 45.0 Å². The molecule has 0 spiro atoms. The number of hydrogen-bond donors (Lipinski definition) is 0. The van der Waals surface area contributed by atoms with E-state index in [2.05, 4.69) is 83.0 Å². The standard InChI is InChI=1S/C14H28BPSi2.Ca.H2/c1-17(2,3)12-16(15,13-18(4,5)6)14-10-8-7-9-11-14;;/h7-12H,13,15H2,1-6H3;;1H/q+1;;. The van der Waals surface area contributed by atoms with Crippen molar-refractivity contribution in [1.82, 2.24) is 0 Å². The van der Waals surface area contributed by atoms with E-state index in [0.29, 0.717) is 0 Å². The van der Waals surface area contributed by atoms with Crippen LogP contribution in [0.25, 0.3) is 0 Å². The summed E-state index contributed by atoms with van der Waals surface area (Å²) < 4.78 is 0. The molecule has 0 fully saturated rings. The maximum absolute atomic E-state index is 2.80.